The van der Waals surface area contributed by atoms with Crippen LogP contribution >= 0.6 is 27.3 Å². The Hall–Kier alpha value is -0.940. The van der Waals surface area contributed by atoms with Gasteiger partial charge in [-0.25, -0.2) is 4.98 Å². The predicted molar refractivity (Wildman–Crippen MR) is 90.0 cm³/mol. The summed E-state index contributed by atoms with van der Waals surface area (Å²) in [6.45, 7) is 6.29. The van der Waals surface area contributed by atoms with Crippen LogP contribution in [0.4, 0.5) is 5.13 Å². The average Bonchev–Trinajstić information content (AvgIpc) is 2.77. The summed E-state index contributed by atoms with van der Waals surface area (Å²) >= 11 is 4.96. The summed E-state index contributed by atoms with van der Waals surface area (Å²) in [5, 5.41) is 3.58. The maximum Gasteiger partial charge on any atom is 0.239 e. The maximum atomic E-state index is 12.0. The number of thiazole rings is 1. The number of fused-ring (bicyclic) bond motifs is 1. The lowest BCUT2D eigenvalue weighted by molar-refractivity contribution is -0.115. The van der Waals surface area contributed by atoms with E-state index < -0.39 is 0 Å². The Bertz CT molecular complexity index is 585. The van der Waals surface area contributed by atoms with Crippen molar-refractivity contribution in [1.29, 1.82) is 0 Å². The molecular formula is C15H19BrN2OS. The number of aryl methyl sites for hydroxylation is 2. The molecule has 0 aliphatic heterocycles. The van der Waals surface area contributed by atoms with E-state index in [9.17, 15) is 4.79 Å². The summed E-state index contributed by atoms with van der Waals surface area (Å²) in [6.07, 6.45) is 2.99. The van der Waals surface area contributed by atoms with Crippen molar-refractivity contribution in [2.75, 3.05) is 5.32 Å². The molecule has 1 heterocycles. The van der Waals surface area contributed by atoms with Crippen molar-refractivity contribution < 1.29 is 4.79 Å². The molecule has 0 fully saturated rings. The van der Waals surface area contributed by atoms with E-state index in [-0.39, 0.29) is 10.7 Å². The van der Waals surface area contributed by atoms with Gasteiger partial charge in [0.05, 0.1) is 15.0 Å². The van der Waals surface area contributed by atoms with Gasteiger partial charge in [0.1, 0.15) is 0 Å². The molecule has 1 amide bonds. The number of aromatic nitrogens is 1. The first-order chi connectivity index (χ1) is 9.51. The number of hydrogen-bond donors (Lipinski definition) is 1. The third kappa shape index (κ3) is 3.58. The number of alkyl halides is 1. The Kier molecular flexibility index (Phi) is 5.16. The largest absolute Gasteiger partial charge is 0.301 e. The lowest BCUT2D eigenvalue weighted by Crippen LogP contribution is -2.22. The molecule has 0 aliphatic rings. The number of nitrogens with one attached hydrogen (secondary N) is 1. The van der Waals surface area contributed by atoms with E-state index in [0.29, 0.717) is 5.13 Å². The molecule has 3 nitrogen and oxygen atoms in total. The van der Waals surface area contributed by atoms with Gasteiger partial charge < -0.3 is 5.32 Å². The van der Waals surface area contributed by atoms with Gasteiger partial charge in [-0.2, -0.15) is 0 Å². The fraction of sp³-hybridized carbons (Fsp3) is 0.467. The van der Waals surface area contributed by atoms with Crippen LogP contribution in [0.1, 0.15) is 37.3 Å². The van der Waals surface area contributed by atoms with E-state index in [0.717, 1.165) is 29.5 Å². The van der Waals surface area contributed by atoms with Crippen molar-refractivity contribution in [3.05, 3.63) is 23.3 Å². The summed E-state index contributed by atoms with van der Waals surface area (Å²) in [4.78, 5) is 16.4. The van der Waals surface area contributed by atoms with Crippen LogP contribution in [0.25, 0.3) is 10.2 Å². The van der Waals surface area contributed by atoms with Crippen LogP contribution in [0.5, 0.6) is 0 Å². The molecule has 2 rings (SSSR count). The highest BCUT2D eigenvalue weighted by molar-refractivity contribution is 9.10. The van der Waals surface area contributed by atoms with Crippen molar-refractivity contribution in [3.8, 4) is 0 Å². The fourth-order valence-electron chi connectivity index (χ4n) is 1.93. The molecule has 1 atom stereocenters. The first kappa shape index (κ1) is 15.4. The molecule has 2 aromatic rings. The Morgan fingerprint density at radius 1 is 1.40 bits per heavy atom. The fourth-order valence-corrected chi connectivity index (χ4v) is 3.32. The van der Waals surface area contributed by atoms with Crippen LogP contribution in [0.15, 0.2) is 12.1 Å². The van der Waals surface area contributed by atoms with Crippen LogP contribution in [0.3, 0.4) is 0 Å². The second-order valence-corrected chi connectivity index (χ2v) is 7.16. The summed E-state index contributed by atoms with van der Waals surface area (Å²) in [5.74, 6) is -0.00838. The minimum Gasteiger partial charge on any atom is -0.301 e. The van der Waals surface area contributed by atoms with Crippen molar-refractivity contribution >= 4 is 48.5 Å². The van der Waals surface area contributed by atoms with Crippen LogP contribution < -0.4 is 5.32 Å². The van der Waals surface area contributed by atoms with E-state index >= 15 is 0 Å². The van der Waals surface area contributed by atoms with Gasteiger partial charge in [0.2, 0.25) is 5.91 Å². The molecule has 5 heteroatoms. The molecule has 0 saturated heterocycles. The van der Waals surface area contributed by atoms with Crippen molar-refractivity contribution in [2.45, 2.75) is 44.9 Å². The first-order valence-electron chi connectivity index (χ1n) is 6.84. The number of hydrogen-bond acceptors (Lipinski definition) is 3. The Balaban J connectivity index is 2.12. The summed E-state index contributed by atoms with van der Waals surface area (Å²) in [7, 11) is 0. The number of nitrogens with zero attached hydrogens (tertiary/aromatic N) is 1. The summed E-state index contributed by atoms with van der Waals surface area (Å²) in [6, 6.07) is 4.19. The number of carbonyl (C=O) groups is 1. The van der Waals surface area contributed by atoms with E-state index in [4.69, 9.17) is 0 Å². The van der Waals surface area contributed by atoms with Crippen molar-refractivity contribution in [1.82, 2.24) is 4.98 Å². The topological polar surface area (TPSA) is 42.0 Å². The van der Waals surface area contributed by atoms with Gasteiger partial charge in [0.15, 0.2) is 5.13 Å². The smallest absolute Gasteiger partial charge is 0.239 e. The van der Waals surface area contributed by atoms with Gasteiger partial charge in [-0.05, 0) is 43.5 Å². The molecule has 0 unspecified atom stereocenters. The van der Waals surface area contributed by atoms with Crippen molar-refractivity contribution in [2.24, 2.45) is 0 Å². The number of rotatable bonds is 5. The SMILES string of the molecule is CCCC[C@@H](Br)C(=O)Nc1nc2cc(C)c(C)cc2s1. The Morgan fingerprint density at radius 3 is 2.80 bits per heavy atom. The highest BCUT2D eigenvalue weighted by Gasteiger charge is 2.16. The predicted octanol–water partition coefficient (Wildman–Crippen LogP) is 4.81. The lowest BCUT2D eigenvalue weighted by atomic mass is 10.1. The molecular weight excluding hydrogens is 336 g/mol. The molecule has 108 valence electrons. The minimum atomic E-state index is -0.141. The van der Waals surface area contributed by atoms with E-state index in [2.05, 4.69) is 59.1 Å². The summed E-state index contributed by atoms with van der Waals surface area (Å²) < 4.78 is 1.11. The quantitative estimate of drug-likeness (QED) is 0.783. The van der Waals surface area contributed by atoms with E-state index in [1.54, 1.807) is 0 Å². The molecule has 0 bridgehead atoms. The average molecular weight is 355 g/mol. The van der Waals surface area contributed by atoms with Gasteiger partial charge in [0, 0.05) is 0 Å². The second kappa shape index (κ2) is 6.68. The van der Waals surface area contributed by atoms with Crippen LogP contribution in [0.2, 0.25) is 0 Å². The van der Waals surface area contributed by atoms with Gasteiger partial charge in [-0.3, -0.25) is 4.79 Å². The van der Waals surface area contributed by atoms with E-state index in [1.165, 1.54) is 22.5 Å². The van der Waals surface area contributed by atoms with Gasteiger partial charge in [0.25, 0.3) is 0 Å². The first-order valence-corrected chi connectivity index (χ1v) is 8.57. The maximum absolute atomic E-state index is 12.0. The molecule has 20 heavy (non-hydrogen) atoms. The van der Waals surface area contributed by atoms with Crippen LogP contribution in [-0.2, 0) is 4.79 Å². The minimum absolute atomic E-state index is 0.00838. The lowest BCUT2D eigenvalue weighted by Gasteiger charge is -2.07. The molecule has 0 spiro atoms. The standard InChI is InChI=1S/C15H19BrN2OS/c1-4-5-6-11(16)14(19)18-15-17-12-7-9(2)10(3)8-13(12)20-15/h7-8,11H,4-6H2,1-3H3,(H,17,18,19)/t11-/m1/s1. The van der Waals surface area contributed by atoms with Gasteiger partial charge in [-0.15, -0.1) is 0 Å². The third-order valence-electron chi connectivity index (χ3n) is 3.33. The highest BCUT2D eigenvalue weighted by Crippen LogP contribution is 2.28. The van der Waals surface area contributed by atoms with Crippen molar-refractivity contribution in [3.63, 3.8) is 0 Å². The molecule has 0 radical (unpaired) electrons. The molecule has 0 saturated carbocycles. The van der Waals surface area contributed by atoms with Crippen LogP contribution in [-0.4, -0.2) is 15.7 Å². The zero-order valence-corrected chi connectivity index (χ0v) is 14.4. The number of amides is 1. The number of benzene rings is 1. The molecule has 1 aromatic heterocycles. The second-order valence-electron chi connectivity index (χ2n) is 5.02. The monoisotopic (exact) mass is 354 g/mol. The zero-order chi connectivity index (χ0) is 14.7. The Labute approximate surface area is 131 Å². The molecule has 1 N–H and O–H groups in total. The number of carbonyl (C=O) groups excluding carboxylic acids is 1. The zero-order valence-electron chi connectivity index (χ0n) is 12.0. The van der Waals surface area contributed by atoms with Crippen LogP contribution in [0, 0.1) is 13.8 Å². The summed E-state index contributed by atoms with van der Waals surface area (Å²) in [5.41, 5.74) is 3.43. The number of anilines is 1. The Morgan fingerprint density at radius 2 is 2.10 bits per heavy atom. The normalized spacial score (nSPS) is 12.6. The van der Waals surface area contributed by atoms with Gasteiger partial charge >= 0.3 is 0 Å². The third-order valence-corrected chi connectivity index (χ3v) is 5.14. The highest BCUT2D eigenvalue weighted by atomic mass is 79.9. The van der Waals surface area contributed by atoms with E-state index in [1.807, 2.05) is 0 Å². The molecule has 0 aliphatic carbocycles. The van der Waals surface area contributed by atoms with Gasteiger partial charge in [-0.1, -0.05) is 47.0 Å². The molecule has 1 aromatic carbocycles. The number of unbranched alkanes of at least 4 members (excludes halogenated alkanes) is 1. The number of halogens is 1.